The van der Waals surface area contributed by atoms with Gasteiger partial charge < -0.3 is 0 Å². The Morgan fingerprint density at radius 1 is 0.667 bits per heavy atom. The molecule has 2 rings (SSSR count). The summed E-state index contributed by atoms with van der Waals surface area (Å²) < 4.78 is 0. The quantitative estimate of drug-likeness (QED) is 0.495. The van der Waals surface area contributed by atoms with E-state index in [0.717, 1.165) is 0 Å². The van der Waals surface area contributed by atoms with Crippen LogP contribution in [0.1, 0.15) is 0 Å². The van der Waals surface area contributed by atoms with Gasteiger partial charge in [0.1, 0.15) is 0 Å². The SMILES string of the molecule is [SiH2]=[Zr+2].c1cc[cH-]c1.c1cc[cH-]c1. The normalized spacial score (nSPS) is 7.17. The van der Waals surface area contributed by atoms with Crippen molar-refractivity contribution in [2.75, 3.05) is 0 Å². The number of rotatable bonds is 0. The van der Waals surface area contributed by atoms with Gasteiger partial charge in [0, 0.05) is 0 Å². The Kier molecular flexibility index (Phi) is 10.6. The van der Waals surface area contributed by atoms with E-state index >= 15 is 0 Å². The van der Waals surface area contributed by atoms with Gasteiger partial charge in [0.2, 0.25) is 0 Å². The molecule has 0 spiro atoms. The van der Waals surface area contributed by atoms with Crippen molar-refractivity contribution in [3.05, 3.63) is 60.7 Å². The second-order valence-electron chi connectivity index (χ2n) is 1.92. The van der Waals surface area contributed by atoms with Gasteiger partial charge in [-0.25, -0.2) is 24.3 Å². The summed E-state index contributed by atoms with van der Waals surface area (Å²) >= 11 is 1.58. The largest absolute Gasteiger partial charge is 0.214 e. The Bertz CT molecular complexity index is 161. The molecule has 2 heteroatoms. The van der Waals surface area contributed by atoms with Crippen molar-refractivity contribution in [2.24, 2.45) is 0 Å². The van der Waals surface area contributed by atoms with Gasteiger partial charge in [0.25, 0.3) is 0 Å². The zero-order chi connectivity index (χ0) is 9.07. The van der Waals surface area contributed by atoms with Gasteiger partial charge >= 0.3 is 30.2 Å². The summed E-state index contributed by atoms with van der Waals surface area (Å²) in [5, 5.41) is 0. The second-order valence-corrected chi connectivity index (χ2v) is 1.92. The minimum Gasteiger partial charge on any atom is -0.214 e. The smallest absolute Gasteiger partial charge is 0.172 e. The van der Waals surface area contributed by atoms with Crippen LogP contribution < -0.4 is 0 Å². The van der Waals surface area contributed by atoms with Gasteiger partial charge in [-0.3, -0.25) is 0 Å². The summed E-state index contributed by atoms with van der Waals surface area (Å²) in [4.78, 5) is 0. The average molecular weight is 252 g/mol. The van der Waals surface area contributed by atoms with Crippen LogP contribution in [-0.4, -0.2) is 6.88 Å². The summed E-state index contributed by atoms with van der Waals surface area (Å²) in [6, 6.07) is 20.0. The molecular weight excluding hydrogens is 239 g/mol. The second kappa shape index (κ2) is 10.8. The molecule has 0 fully saturated rings. The molecule has 0 bridgehead atoms. The van der Waals surface area contributed by atoms with Crippen molar-refractivity contribution in [2.45, 2.75) is 0 Å². The third kappa shape index (κ3) is 7.90. The topological polar surface area (TPSA) is 0 Å². The summed E-state index contributed by atoms with van der Waals surface area (Å²) in [7, 11) is 0. The van der Waals surface area contributed by atoms with Crippen molar-refractivity contribution >= 4 is 6.88 Å². The standard InChI is InChI=1S/2C5H5.H2Si.Zr/c2*1-2-4-5-3-1;;/h2*1-5H;1H2;/q2*-1;;+2. The molecule has 0 radical (unpaired) electrons. The van der Waals surface area contributed by atoms with E-state index in [1.54, 1.807) is 23.3 Å². The van der Waals surface area contributed by atoms with Gasteiger partial charge in [0.05, 0.1) is 0 Å². The fraction of sp³-hybridized carbons (Fsp3) is 0. The van der Waals surface area contributed by atoms with E-state index in [9.17, 15) is 0 Å². The van der Waals surface area contributed by atoms with Crippen LogP contribution in [0.4, 0.5) is 0 Å². The molecule has 0 aliphatic heterocycles. The Morgan fingerprint density at radius 2 is 0.917 bits per heavy atom. The Hall–Kier alpha value is -0.200. The van der Waals surface area contributed by atoms with Crippen LogP contribution in [0.2, 0.25) is 0 Å². The van der Waals surface area contributed by atoms with Crippen LogP contribution >= 0.6 is 0 Å². The average Bonchev–Trinajstić information content (AvgIpc) is 2.87. The van der Waals surface area contributed by atoms with Crippen molar-refractivity contribution < 1.29 is 23.3 Å². The van der Waals surface area contributed by atoms with E-state index in [-0.39, 0.29) is 0 Å². The van der Waals surface area contributed by atoms with Gasteiger partial charge in [0.15, 0.2) is 0 Å². The molecule has 0 nitrogen and oxygen atoms in total. The summed E-state index contributed by atoms with van der Waals surface area (Å²) in [5.41, 5.74) is 0. The first-order valence-corrected chi connectivity index (χ1v) is 9.61. The minimum atomic E-state index is 1.58. The Morgan fingerprint density at radius 3 is 1.00 bits per heavy atom. The first-order chi connectivity index (χ1) is 6.00. The van der Waals surface area contributed by atoms with Gasteiger partial charge in [-0.2, -0.15) is 36.4 Å². The molecule has 60 valence electrons. The summed E-state index contributed by atoms with van der Waals surface area (Å²) in [6.45, 7) is 1.95. The Labute approximate surface area is 90.5 Å². The molecule has 0 heterocycles. The molecule has 0 aliphatic carbocycles. The number of hydrogen-bond donors (Lipinski definition) is 0. The third-order valence-corrected chi connectivity index (χ3v) is 1.11. The minimum absolute atomic E-state index is 1.58. The maximum Gasteiger partial charge on any atom is -0.172 e. The molecule has 2 aromatic rings. The van der Waals surface area contributed by atoms with E-state index in [1.807, 2.05) is 67.5 Å². The maximum atomic E-state index is 2.00. The van der Waals surface area contributed by atoms with Crippen LogP contribution in [0.15, 0.2) is 60.7 Å². The Balaban J connectivity index is 0.000000168. The zero-order valence-corrected chi connectivity index (χ0v) is 10.9. The first-order valence-electron chi connectivity index (χ1n) is 3.69. The molecule has 0 atom stereocenters. The van der Waals surface area contributed by atoms with Crippen LogP contribution in [0.3, 0.4) is 0 Å². The van der Waals surface area contributed by atoms with E-state index in [0.29, 0.717) is 0 Å². The fourth-order valence-electron chi connectivity index (χ4n) is 0.642. The number of hydrogen-bond acceptors (Lipinski definition) is 0. The van der Waals surface area contributed by atoms with E-state index < -0.39 is 0 Å². The van der Waals surface area contributed by atoms with Gasteiger partial charge in [-0.15, -0.1) is 0 Å². The first kappa shape index (κ1) is 11.8. The predicted molar refractivity (Wildman–Crippen MR) is 52.6 cm³/mol. The molecule has 12 heavy (non-hydrogen) atoms. The van der Waals surface area contributed by atoms with Crippen molar-refractivity contribution in [1.82, 2.24) is 0 Å². The molecular formula is C10H12SiZr. The molecule has 0 saturated heterocycles. The van der Waals surface area contributed by atoms with Gasteiger partial charge in [-0.1, -0.05) is 0 Å². The van der Waals surface area contributed by atoms with Crippen LogP contribution in [0, 0.1) is 0 Å². The molecule has 0 amide bonds. The van der Waals surface area contributed by atoms with Crippen LogP contribution in [0.25, 0.3) is 0 Å². The van der Waals surface area contributed by atoms with E-state index in [2.05, 4.69) is 0 Å². The third-order valence-electron chi connectivity index (χ3n) is 1.11. The monoisotopic (exact) mass is 250 g/mol. The fourth-order valence-corrected chi connectivity index (χ4v) is 0.642. The maximum absolute atomic E-state index is 2.00. The molecule has 0 saturated carbocycles. The molecule has 2 aromatic carbocycles. The zero-order valence-electron chi connectivity index (χ0n) is 6.98. The van der Waals surface area contributed by atoms with Crippen molar-refractivity contribution in [1.29, 1.82) is 0 Å². The predicted octanol–water partition coefficient (Wildman–Crippen LogP) is 1.89. The van der Waals surface area contributed by atoms with Crippen LogP contribution in [0.5, 0.6) is 0 Å². The summed E-state index contributed by atoms with van der Waals surface area (Å²) in [6.07, 6.45) is 0. The van der Waals surface area contributed by atoms with Crippen LogP contribution in [-0.2, 0) is 23.3 Å². The molecule has 0 aromatic heterocycles. The molecule has 0 unspecified atom stereocenters. The van der Waals surface area contributed by atoms with E-state index in [1.165, 1.54) is 0 Å². The summed E-state index contributed by atoms with van der Waals surface area (Å²) in [5.74, 6) is 0. The van der Waals surface area contributed by atoms with Crippen molar-refractivity contribution in [3.8, 4) is 0 Å². The van der Waals surface area contributed by atoms with Gasteiger partial charge in [-0.05, 0) is 0 Å². The van der Waals surface area contributed by atoms with E-state index in [4.69, 9.17) is 0 Å². The molecule has 0 N–H and O–H groups in total. The molecule has 0 aliphatic rings. The van der Waals surface area contributed by atoms with Crippen molar-refractivity contribution in [3.63, 3.8) is 0 Å².